The van der Waals surface area contributed by atoms with E-state index in [9.17, 15) is 18.0 Å². The summed E-state index contributed by atoms with van der Waals surface area (Å²) >= 11 is 5.67. The number of likely N-dealkylation sites (tertiary alicyclic amines) is 2. The number of amides is 1. The highest BCUT2D eigenvalue weighted by Gasteiger charge is 2.41. The lowest BCUT2D eigenvalue weighted by atomic mass is 9.98. The van der Waals surface area contributed by atoms with Gasteiger partial charge in [0.05, 0.1) is 31.0 Å². The Morgan fingerprint density at radius 3 is 2.75 bits per heavy atom. The maximum atomic E-state index is 13.2. The molecule has 4 rings (SSSR count). The van der Waals surface area contributed by atoms with Gasteiger partial charge >= 0.3 is 6.18 Å². The monoisotopic (exact) mass is 468 g/mol. The number of nitrogens with zero attached hydrogens (tertiary/aromatic N) is 6. The number of carbonyl (C=O) groups excluding carboxylic acids is 1. The molecule has 2 fully saturated rings. The summed E-state index contributed by atoms with van der Waals surface area (Å²) in [5.41, 5.74) is 0.716. The van der Waals surface area contributed by atoms with Crippen molar-refractivity contribution in [3.8, 4) is 5.69 Å². The summed E-state index contributed by atoms with van der Waals surface area (Å²) in [6.45, 7) is 1.64. The van der Waals surface area contributed by atoms with Crippen LogP contribution in [0.4, 0.5) is 13.2 Å². The van der Waals surface area contributed by atoms with Gasteiger partial charge in [-0.1, -0.05) is 6.42 Å². The maximum Gasteiger partial charge on any atom is 0.393 e. The Hall–Kier alpha value is -2.27. The van der Waals surface area contributed by atoms with Crippen molar-refractivity contribution in [1.29, 1.82) is 0 Å². The summed E-state index contributed by atoms with van der Waals surface area (Å²) in [5.74, 6) is -0.660. The van der Waals surface area contributed by atoms with E-state index in [2.05, 4.69) is 10.1 Å². The van der Waals surface area contributed by atoms with Crippen molar-refractivity contribution < 1.29 is 18.0 Å². The van der Waals surface area contributed by atoms with Gasteiger partial charge in [0.25, 0.3) is 0 Å². The van der Waals surface area contributed by atoms with Crippen molar-refractivity contribution in [2.24, 2.45) is 5.92 Å². The molecular weight excluding hydrogens is 441 g/mol. The van der Waals surface area contributed by atoms with Gasteiger partial charge in [-0.2, -0.15) is 18.3 Å². The zero-order valence-corrected chi connectivity index (χ0v) is 18.6. The molecule has 2 saturated heterocycles. The van der Waals surface area contributed by atoms with E-state index in [1.165, 1.54) is 0 Å². The van der Waals surface area contributed by atoms with Crippen molar-refractivity contribution in [2.45, 2.75) is 57.9 Å². The number of hydrogen-bond donors (Lipinski definition) is 0. The Labute approximate surface area is 189 Å². The predicted molar refractivity (Wildman–Crippen MR) is 114 cm³/mol. The highest BCUT2D eigenvalue weighted by molar-refractivity contribution is 7.71. The SMILES string of the molecule is O=C1CCCCCN1Cc1nn(CN2CCCC(C(F)(F)F)C2)c(=S)n1-c1cccnc1. The van der Waals surface area contributed by atoms with Gasteiger partial charge in [0.1, 0.15) is 0 Å². The van der Waals surface area contributed by atoms with E-state index >= 15 is 0 Å². The molecule has 0 radical (unpaired) electrons. The standard InChI is InChI=1S/C21H27F3N6OS/c22-21(23,24)16-6-5-10-27(13-16)15-29-20(32)30(17-7-4-9-25-12-17)18(26-29)14-28-11-3-1-2-8-19(28)31/h4,7,9,12,16H,1-3,5-6,8,10-11,13-15H2. The van der Waals surface area contributed by atoms with Crippen LogP contribution in [0, 0.1) is 10.7 Å². The van der Waals surface area contributed by atoms with Crippen LogP contribution in [-0.4, -0.2) is 60.8 Å². The molecule has 2 aromatic rings. The summed E-state index contributed by atoms with van der Waals surface area (Å²) in [7, 11) is 0. The van der Waals surface area contributed by atoms with Crippen LogP contribution in [0.25, 0.3) is 5.69 Å². The minimum atomic E-state index is -4.20. The van der Waals surface area contributed by atoms with Crippen LogP contribution in [0.2, 0.25) is 0 Å². The van der Waals surface area contributed by atoms with Gasteiger partial charge < -0.3 is 4.90 Å². The Bertz CT molecular complexity index is 990. The number of hydrogen-bond acceptors (Lipinski definition) is 5. The fourth-order valence-corrected chi connectivity index (χ4v) is 4.72. The van der Waals surface area contributed by atoms with Gasteiger partial charge in [0, 0.05) is 25.7 Å². The van der Waals surface area contributed by atoms with Gasteiger partial charge in [-0.15, -0.1) is 0 Å². The first-order valence-electron chi connectivity index (χ1n) is 11.0. The third kappa shape index (κ3) is 5.20. The summed E-state index contributed by atoms with van der Waals surface area (Å²) in [5, 5.41) is 4.66. The van der Waals surface area contributed by atoms with E-state index in [4.69, 9.17) is 12.2 Å². The summed E-state index contributed by atoms with van der Waals surface area (Å²) < 4.78 is 43.4. The molecule has 0 saturated carbocycles. The van der Waals surface area contributed by atoms with E-state index in [0.29, 0.717) is 48.8 Å². The highest BCUT2D eigenvalue weighted by Crippen LogP contribution is 2.33. The normalized spacial score (nSPS) is 21.0. The van der Waals surface area contributed by atoms with Crippen LogP contribution in [-0.2, 0) is 18.0 Å². The quantitative estimate of drug-likeness (QED) is 0.623. The Morgan fingerprint density at radius 2 is 2.00 bits per heavy atom. The van der Waals surface area contributed by atoms with E-state index in [1.54, 1.807) is 37.5 Å². The van der Waals surface area contributed by atoms with Gasteiger partial charge in [0.2, 0.25) is 10.7 Å². The molecule has 0 N–H and O–H groups in total. The van der Waals surface area contributed by atoms with E-state index < -0.39 is 12.1 Å². The topological polar surface area (TPSA) is 59.2 Å². The number of aromatic nitrogens is 4. The van der Waals surface area contributed by atoms with Crippen molar-refractivity contribution in [1.82, 2.24) is 29.1 Å². The Morgan fingerprint density at radius 1 is 1.16 bits per heavy atom. The van der Waals surface area contributed by atoms with Gasteiger partial charge in [-0.25, -0.2) is 4.68 Å². The summed E-state index contributed by atoms with van der Waals surface area (Å²) in [4.78, 5) is 20.2. The molecule has 2 aromatic heterocycles. The smallest absolute Gasteiger partial charge is 0.335 e. The van der Waals surface area contributed by atoms with E-state index in [-0.39, 0.29) is 25.5 Å². The molecule has 1 unspecified atom stereocenters. The molecular formula is C21H27F3N6OS. The van der Waals surface area contributed by atoms with Crippen LogP contribution in [0.1, 0.15) is 44.3 Å². The van der Waals surface area contributed by atoms with Gasteiger partial charge in [0.15, 0.2) is 5.82 Å². The van der Waals surface area contributed by atoms with Crippen molar-refractivity contribution in [3.05, 3.63) is 35.1 Å². The molecule has 0 aromatic carbocycles. The first-order chi connectivity index (χ1) is 15.3. The molecule has 11 heteroatoms. The minimum absolute atomic E-state index is 0.0645. The molecule has 1 atom stereocenters. The van der Waals surface area contributed by atoms with Crippen LogP contribution in [0.5, 0.6) is 0 Å². The van der Waals surface area contributed by atoms with Gasteiger partial charge in [-0.05, 0) is 56.6 Å². The summed E-state index contributed by atoms with van der Waals surface area (Å²) in [6, 6.07) is 3.64. The van der Waals surface area contributed by atoms with Crippen LogP contribution in [0.15, 0.2) is 24.5 Å². The molecule has 0 bridgehead atoms. The third-order valence-corrected chi connectivity index (χ3v) is 6.51. The lowest BCUT2D eigenvalue weighted by Gasteiger charge is -2.33. The first kappa shape index (κ1) is 22.9. The Balaban J connectivity index is 1.62. The highest BCUT2D eigenvalue weighted by atomic mass is 32.1. The van der Waals surface area contributed by atoms with Crippen molar-refractivity contribution in [3.63, 3.8) is 0 Å². The number of halogens is 3. The first-order valence-corrected chi connectivity index (χ1v) is 11.4. The van der Waals surface area contributed by atoms with Gasteiger partial charge in [-0.3, -0.25) is 19.2 Å². The second-order valence-electron chi connectivity index (χ2n) is 8.47. The molecule has 174 valence electrons. The van der Waals surface area contributed by atoms with Crippen LogP contribution in [0.3, 0.4) is 0 Å². The van der Waals surface area contributed by atoms with Crippen LogP contribution < -0.4 is 0 Å². The zero-order chi connectivity index (χ0) is 22.7. The van der Waals surface area contributed by atoms with E-state index in [0.717, 1.165) is 19.3 Å². The second-order valence-corrected chi connectivity index (χ2v) is 8.84. The lowest BCUT2D eigenvalue weighted by Crippen LogP contribution is -2.42. The largest absolute Gasteiger partial charge is 0.393 e. The number of alkyl halides is 3. The van der Waals surface area contributed by atoms with E-state index in [1.807, 2.05) is 6.07 Å². The minimum Gasteiger partial charge on any atom is -0.335 e. The molecule has 0 aliphatic carbocycles. The average Bonchev–Trinajstić information content (AvgIpc) is 2.92. The number of rotatable bonds is 5. The molecule has 0 spiro atoms. The lowest BCUT2D eigenvalue weighted by molar-refractivity contribution is -0.188. The summed E-state index contributed by atoms with van der Waals surface area (Å²) in [6.07, 6.45) is 3.10. The number of carbonyl (C=O) groups is 1. The predicted octanol–water partition coefficient (Wildman–Crippen LogP) is 3.93. The number of piperidine rings is 1. The third-order valence-electron chi connectivity index (χ3n) is 6.12. The molecule has 4 heterocycles. The average molecular weight is 469 g/mol. The Kier molecular flexibility index (Phi) is 6.94. The molecule has 32 heavy (non-hydrogen) atoms. The molecule has 1 amide bonds. The maximum absolute atomic E-state index is 13.2. The second kappa shape index (κ2) is 9.70. The zero-order valence-electron chi connectivity index (χ0n) is 17.8. The fourth-order valence-electron chi connectivity index (χ4n) is 4.41. The van der Waals surface area contributed by atoms with Crippen molar-refractivity contribution >= 4 is 18.1 Å². The van der Waals surface area contributed by atoms with Crippen LogP contribution >= 0.6 is 12.2 Å². The molecule has 2 aliphatic rings. The molecule has 2 aliphatic heterocycles. The molecule has 7 nitrogen and oxygen atoms in total. The number of pyridine rings is 1. The van der Waals surface area contributed by atoms with Crippen molar-refractivity contribution in [2.75, 3.05) is 19.6 Å². The fraction of sp³-hybridized carbons (Fsp3) is 0.619.